The van der Waals surface area contributed by atoms with E-state index in [0.717, 1.165) is 15.8 Å². The highest BCUT2D eigenvalue weighted by atomic mass is 79.9. The van der Waals surface area contributed by atoms with Crippen LogP contribution in [0.5, 0.6) is 5.75 Å². The Morgan fingerprint density at radius 2 is 0.940 bits per heavy atom. The fourth-order valence-corrected chi connectivity index (χ4v) is 10.9. The Balaban J connectivity index is 0.00000130. The molecule has 8 rings (SSSR count). The van der Waals surface area contributed by atoms with Gasteiger partial charge in [-0.25, -0.2) is 28.9 Å². The molecule has 20 nitrogen and oxygen atoms in total. The second-order valence-corrected chi connectivity index (χ2v) is 28.1. The number of aryl methyl sites for hydroxylation is 1. The molecule has 3 fully saturated rings. The number of nitrogens with two attached hydrogens (primary N) is 1. The van der Waals surface area contributed by atoms with Crippen molar-refractivity contribution in [2.24, 2.45) is 17.8 Å². The number of alkyl halides is 1. The molecular formula is C70H87Br3ClF6N9O11. The van der Waals surface area contributed by atoms with Crippen LogP contribution in [0, 0.1) is 44.4 Å². The molecule has 0 radical (unpaired) electrons. The number of aliphatic carboxylic acids is 1. The van der Waals surface area contributed by atoms with Crippen molar-refractivity contribution in [2.75, 3.05) is 62.3 Å². The minimum Gasteiger partial charge on any atom is -0.497 e. The number of amides is 5. The fourth-order valence-electron chi connectivity index (χ4n) is 9.29. The zero-order valence-corrected chi connectivity index (χ0v) is 63.0. The van der Waals surface area contributed by atoms with Crippen LogP contribution < -0.4 is 20.7 Å². The zero-order valence-electron chi connectivity index (χ0n) is 57.5. The van der Waals surface area contributed by atoms with Crippen LogP contribution in [0.4, 0.5) is 76.2 Å². The maximum atomic E-state index is 13.7. The van der Waals surface area contributed by atoms with Crippen LogP contribution in [0.25, 0.3) is 14.5 Å². The van der Waals surface area contributed by atoms with Crippen molar-refractivity contribution in [3.8, 4) is 5.75 Å². The van der Waals surface area contributed by atoms with Crippen LogP contribution in [-0.2, 0) is 41.0 Å². The summed E-state index contributed by atoms with van der Waals surface area (Å²) < 4.78 is 55.4. The van der Waals surface area contributed by atoms with Gasteiger partial charge in [0.1, 0.15) is 22.6 Å². The maximum absolute atomic E-state index is 13.7. The SMILES string of the molecule is CC(C)(C)OC(=O)N1CCC(C(=O)O)CC1.Cc1ccc(CCl)cc1.F.F.FF.FF.[C-]#[N+]c1ccc(N(Cc2ccc(OC)cc2)C(=O)C2CCN(C(=O)OC(C)(C)C)CC2)c(Br)c1.[C-]#[N+]c1ccc(N)c(Br)c1.[C-]#[N+]c1ccc(NC(=O)C2CCN(C(=O)OC(C)(C)C)CC2)c(Br)c1. The summed E-state index contributed by atoms with van der Waals surface area (Å²) in [6, 6.07) is 31.2. The van der Waals surface area contributed by atoms with Crippen molar-refractivity contribution in [1.29, 1.82) is 0 Å². The Bertz CT molecular complexity index is 3530. The molecule has 0 atom stereocenters. The van der Waals surface area contributed by atoms with Gasteiger partial charge in [0.2, 0.25) is 11.8 Å². The van der Waals surface area contributed by atoms with Gasteiger partial charge in [0, 0.05) is 94.4 Å². The number of carboxylic acid groups (broad SMARTS) is 1. The Labute approximate surface area is 611 Å². The highest BCUT2D eigenvalue weighted by Crippen LogP contribution is 2.35. The number of nitrogen functional groups attached to an aromatic ring is 1. The lowest BCUT2D eigenvalue weighted by atomic mass is 9.95. The van der Waals surface area contributed by atoms with Crippen LogP contribution >= 0.6 is 59.4 Å². The Kier molecular flexibility index (Phi) is 41.7. The van der Waals surface area contributed by atoms with Crippen LogP contribution in [-0.4, -0.2) is 119 Å². The number of likely N-dealkylation sites (tertiary alicyclic amines) is 3. The molecule has 5 aromatic carbocycles. The van der Waals surface area contributed by atoms with Gasteiger partial charge >= 0.3 is 24.2 Å². The van der Waals surface area contributed by atoms with Gasteiger partial charge in [0.05, 0.1) is 50.7 Å². The van der Waals surface area contributed by atoms with Gasteiger partial charge in [0.15, 0.2) is 17.1 Å². The number of carbonyl (C=O) groups excluding carboxylic acids is 5. The van der Waals surface area contributed by atoms with E-state index in [2.05, 4.69) is 86.7 Å². The first-order chi connectivity index (χ1) is 46.2. The normalized spacial score (nSPS) is 13.5. The van der Waals surface area contributed by atoms with E-state index in [4.69, 9.17) is 79.4 Å². The molecule has 100 heavy (non-hydrogen) atoms. The van der Waals surface area contributed by atoms with Crippen LogP contribution in [0.3, 0.4) is 0 Å². The van der Waals surface area contributed by atoms with E-state index >= 15 is 0 Å². The van der Waals surface area contributed by atoms with Crippen molar-refractivity contribution in [3.63, 3.8) is 0 Å². The molecule has 30 heteroatoms. The molecule has 0 spiro atoms. The molecule has 3 saturated heterocycles. The van der Waals surface area contributed by atoms with Crippen LogP contribution in [0.1, 0.15) is 118 Å². The van der Waals surface area contributed by atoms with E-state index in [1.165, 1.54) is 11.1 Å². The number of rotatable bonds is 9. The summed E-state index contributed by atoms with van der Waals surface area (Å²) in [6.45, 7) is 42.7. The molecular weight excluding hydrogens is 1530 g/mol. The maximum Gasteiger partial charge on any atom is 0.410 e. The molecule has 0 unspecified atom stereocenters. The van der Waals surface area contributed by atoms with E-state index < -0.39 is 22.8 Å². The number of nitrogens with one attached hydrogen (secondary N) is 1. The summed E-state index contributed by atoms with van der Waals surface area (Å²) in [7, 11) is 1.62. The Morgan fingerprint density at radius 1 is 0.570 bits per heavy atom. The Hall–Kier alpha value is -8.30. The third kappa shape index (κ3) is 33.2. The molecule has 5 amide bonds. The predicted molar refractivity (Wildman–Crippen MR) is 388 cm³/mol. The molecule has 4 N–H and O–H groups in total. The molecule has 3 aliphatic heterocycles. The molecule has 0 aliphatic carbocycles. The third-order valence-corrected chi connectivity index (χ3v) is 16.6. The lowest BCUT2D eigenvalue weighted by molar-refractivity contribution is -0.143. The van der Waals surface area contributed by atoms with Crippen LogP contribution in [0.2, 0.25) is 0 Å². The second kappa shape index (κ2) is 45.5. The number of carboxylic acids is 1. The number of anilines is 3. The van der Waals surface area contributed by atoms with Gasteiger partial charge in [0.25, 0.3) is 0 Å². The molecule has 3 aliphatic rings. The summed E-state index contributed by atoms with van der Waals surface area (Å²) in [5.41, 5.74) is 11.0. The van der Waals surface area contributed by atoms with Crippen molar-refractivity contribution in [3.05, 3.63) is 167 Å². The van der Waals surface area contributed by atoms with Gasteiger partial charge in [-0.15, -0.1) is 11.6 Å². The van der Waals surface area contributed by atoms with Gasteiger partial charge in [-0.1, -0.05) is 60.2 Å². The van der Waals surface area contributed by atoms with E-state index in [9.17, 15) is 28.8 Å². The largest absolute Gasteiger partial charge is 0.497 e. The minimum absolute atomic E-state index is 0. The summed E-state index contributed by atoms with van der Waals surface area (Å²) in [5.74, 6) is -0.173. The summed E-state index contributed by atoms with van der Waals surface area (Å²) in [4.78, 5) is 89.7. The molecule has 3 heterocycles. The van der Waals surface area contributed by atoms with Crippen LogP contribution in [0.15, 0.2) is 117 Å². The molecule has 0 saturated carbocycles. The van der Waals surface area contributed by atoms with Gasteiger partial charge in [-0.3, -0.25) is 23.8 Å². The minimum atomic E-state index is -0.774. The molecule has 0 aromatic heterocycles. The summed E-state index contributed by atoms with van der Waals surface area (Å²) in [6.07, 6.45) is 2.32. The van der Waals surface area contributed by atoms with E-state index in [0.29, 0.717) is 133 Å². The van der Waals surface area contributed by atoms with Gasteiger partial charge in [-0.05, 0) is 215 Å². The summed E-state index contributed by atoms with van der Waals surface area (Å²) >= 11 is 15.7. The van der Waals surface area contributed by atoms with Crippen molar-refractivity contribution in [1.82, 2.24) is 14.7 Å². The number of piperidine rings is 3. The number of halogens is 10. The zero-order chi connectivity index (χ0) is 74.1. The number of ether oxygens (including phenoxy) is 4. The monoisotopic (exact) mass is 1620 g/mol. The first-order valence-corrected chi connectivity index (χ1v) is 33.7. The number of hydrogen-bond donors (Lipinski definition) is 3. The number of carbonyl (C=O) groups is 6. The number of hydrogen-bond acceptors (Lipinski definition) is 11. The molecule has 5 aromatic rings. The average molecular weight is 1620 g/mol. The van der Waals surface area contributed by atoms with E-state index in [-0.39, 0.29) is 57.3 Å². The van der Waals surface area contributed by atoms with E-state index in [1.807, 2.05) is 98.7 Å². The fraction of sp³-hybridized carbons (Fsp3) is 0.443. The van der Waals surface area contributed by atoms with Crippen molar-refractivity contribution >= 4 is 130 Å². The lowest BCUT2D eigenvalue weighted by Gasteiger charge is -2.35. The van der Waals surface area contributed by atoms with Crippen molar-refractivity contribution < 1.29 is 80.5 Å². The van der Waals surface area contributed by atoms with E-state index in [1.54, 1.807) is 81.3 Å². The van der Waals surface area contributed by atoms with Gasteiger partial charge in [-0.2, -0.15) is 0 Å². The average Bonchev–Trinajstić information content (AvgIpc) is 0.809. The second-order valence-electron chi connectivity index (χ2n) is 25.3. The number of benzene rings is 5. The lowest BCUT2D eigenvalue weighted by Crippen LogP contribution is -2.45. The first-order valence-electron chi connectivity index (χ1n) is 30.7. The third-order valence-electron chi connectivity index (χ3n) is 14.4. The quantitative estimate of drug-likeness (QED) is 0.0412. The highest BCUT2D eigenvalue weighted by Gasteiger charge is 2.35. The summed E-state index contributed by atoms with van der Waals surface area (Å²) in [5, 5.41) is 11.7. The number of nitrogens with zero attached hydrogens (tertiary/aromatic N) is 7. The number of methoxy groups -OCH3 is 1. The predicted octanol–water partition coefficient (Wildman–Crippen LogP) is 19.8. The highest BCUT2D eigenvalue weighted by molar-refractivity contribution is 9.11. The smallest absolute Gasteiger partial charge is 0.410 e. The topological polar surface area (TPSA) is 224 Å². The van der Waals surface area contributed by atoms with Gasteiger partial charge < -0.3 is 54.7 Å². The van der Waals surface area contributed by atoms with Crippen molar-refractivity contribution in [2.45, 2.75) is 137 Å². The molecule has 0 bridgehead atoms. The Morgan fingerprint density at radius 3 is 1.30 bits per heavy atom. The molecule has 548 valence electrons. The first kappa shape index (κ1) is 91.7. The standard InChI is InChI=1S/C26H30BrN3O4.C18H22BrN3O3.C11H19NO4.C8H9Cl.C7H5BrN2.2F2.2FH/c1-26(2,3)34-25(32)29-14-12-19(13-15-29)24(31)30(17-18-6-9-21(33-5)10-7-18)23-11-8-20(28-4)16-22(23)27;1-18(2,3)25-17(24)22-9-7-12(8-10-22)16(23)21-15-6-5-13(20-4)11-14(15)19;1-11(2,3)16-10(15)12-6-4-8(5-7-12)9(13)14;1-7-2-4-8(6-9)5-3-7;1-10-5-2-3-7(9)6(8)4-5;2*1-2;;/h6-11,16,19H,12-15,17H2,1-3,5H3;5-6,11-12H,7-10H2,1-3H3,(H,21,23);8H,4-7H2,1-3H3,(H,13,14);2-5H,6H2,1H3;2-4H,9H2;;;2*1H.